The summed E-state index contributed by atoms with van der Waals surface area (Å²) in [6, 6.07) is 12.9. The number of sulfonamides is 1. The van der Waals surface area contributed by atoms with Gasteiger partial charge in [0.2, 0.25) is 5.91 Å². The van der Waals surface area contributed by atoms with Crippen molar-refractivity contribution in [3.8, 4) is 0 Å². The second kappa shape index (κ2) is 8.97. The average Bonchev–Trinajstić information content (AvgIpc) is 2.98. The van der Waals surface area contributed by atoms with Crippen molar-refractivity contribution in [1.82, 2.24) is 14.2 Å². The maximum absolute atomic E-state index is 13.2. The van der Waals surface area contributed by atoms with Crippen LogP contribution in [-0.2, 0) is 19.6 Å². The van der Waals surface area contributed by atoms with E-state index in [0.717, 1.165) is 11.4 Å². The van der Waals surface area contributed by atoms with Crippen LogP contribution in [0.15, 0.2) is 54.2 Å². The fourth-order valence-electron chi connectivity index (χ4n) is 4.19. The van der Waals surface area contributed by atoms with E-state index < -0.39 is 22.5 Å². The number of nitrogens with zero attached hydrogens (tertiary/aromatic N) is 4. The monoisotopic (exact) mass is 468 g/mol. The predicted octanol–water partition coefficient (Wildman–Crippen LogP) is 2.46. The maximum Gasteiger partial charge on any atom is 0.268 e. The van der Waals surface area contributed by atoms with Crippen LogP contribution in [0.5, 0.6) is 0 Å². The Balaban J connectivity index is 1.46. The predicted molar refractivity (Wildman–Crippen MR) is 127 cm³/mol. The number of aromatic nitrogens is 1. The average molecular weight is 469 g/mol. The second-order valence-corrected chi connectivity index (χ2v) is 10.4. The molecule has 1 fully saturated rings. The summed E-state index contributed by atoms with van der Waals surface area (Å²) >= 11 is 0. The number of carbonyl (C=O) groups is 2. The molecule has 0 radical (unpaired) electrons. The van der Waals surface area contributed by atoms with Gasteiger partial charge < -0.3 is 9.80 Å². The van der Waals surface area contributed by atoms with Crippen molar-refractivity contribution in [2.45, 2.75) is 26.7 Å². The smallest absolute Gasteiger partial charge is 0.268 e. The number of rotatable bonds is 5. The SMILES string of the molecule is CC1=C(c2ccc(C(C)C)cc2)S(=O)(=O)N(CC(=O)N2CCN(c3ccccn3)CC2)C1=O. The lowest BCUT2D eigenvalue weighted by molar-refractivity contribution is -0.135. The van der Waals surface area contributed by atoms with Crippen LogP contribution in [0.4, 0.5) is 5.82 Å². The van der Waals surface area contributed by atoms with E-state index in [1.165, 1.54) is 6.92 Å². The molecular formula is C24H28N4O4S. The first-order valence-corrected chi connectivity index (χ1v) is 12.5. The Hall–Kier alpha value is -3.20. The summed E-state index contributed by atoms with van der Waals surface area (Å²) in [5.41, 5.74) is 1.68. The summed E-state index contributed by atoms with van der Waals surface area (Å²) in [6.45, 7) is 7.18. The number of piperazine rings is 1. The molecule has 0 bridgehead atoms. The number of pyridine rings is 1. The molecule has 3 heterocycles. The van der Waals surface area contributed by atoms with Crippen LogP contribution < -0.4 is 4.90 Å². The van der Waals surface area contributed by atoms with Crippen molar-refractivity contribution >= 4 is 32.6 Å². The molecule has 9 heteroatoms. The van der Waals surface area contributed by atoms with Gasteiger partial charge in [0.05, 0.1) is 0 Å². The molecule has 174 valence electrons. The standard InChI is InChI=1S/C24H28N4O4S/c1-17(2)19-7-9-20(10-8-19)23-18(3)24(30)28(33(23,31)32)16-22(29)27-14-12-26(13-15-27)21-6-4-5-11-25-21/h4-11,17H,12-16H2,1-3H3. The Morgan fingerprint density at radius 3 is 2.27 bits per heavy atom. The van der Waals surface area contributed by atoms with E-state index in [1.54, 1.807) is 23.2 Å². The van der Waals surface area contributed by atoms with Crippen LogP contribution in [0, 0.1) is 0 Å². The highest BCUT2D eigenvalue weighted by molar-refractivity contribution is 7.99. The van der Waals surface area contributed by atoms with E-state index in [4.69, 9.17) is 0 Å². The molecule has 0 unspecified atom stereocenters. The third kappa shape index (κ3) is 4.37. The molecule has 8 nitrogen and oxygen atoms in total. The highest BCUT2D eigenvalue weighted by atomic mass is 32.2. The zero-order valence-electron chi connectivity index (χ0n) is 19.1. The van der Waals surface area contributed by atoms with Gasteiger partial charge in [-0.2, -0.15) is 0 Å². The Kier molecular flexibility index (Phi) is 6.25. The number of benzene rings is 1. The van der Waals surface area contributed by atoms with Gasteiger partial charge in [0.25, 0.3) is 15.9 Å². The highest BCUT2D eigenvalue weighted by Crippen LogP contribution is 2.36. The van der Waals surface area contributed by atoms with Gasteiger partial charge in [0.15, 0.2) is 0 Å². The Bertz CT molecular complexity index is 1180. The van der Waals surface area contributed by atoms with Gasteiger partial charge in [0.1, 0.15) is 17.3 Å². The summed E-state index contributed by atoms with van der Waals surface area (Å²) in [5, 5.41) is 0. The minimum atomic E-state index is -4.10. The molecule has 0 spiro atoms. The first kappa shape index (κ1) is 23.0. The van der Waals surface area contributed by atoms with Crippen LogP contribution in [0.1, 0.15) is 37.8 Å². The molecule has 33 heavy (non-hydrogen) atoms. The highest BCUT2D eigenvalue weighted by Gasteiger charge is 2.43. The molecular weight excluding hydrogens is 440 g/mol. The Labute approximate surface area is 194 Å². The van der Waals surface area contributed by atoms with Gasteiger partial charge in [-0.05, 0) is 36.1 Å². The van der Waals surface area contributed by atoms with Crippen LogP contribution in [-0.4, -0.2) is 67.1 Å². The van der Waals surface area contributed by atoms with Gasteiger partial charge in [-0.15, -0.1) is 0 Å². The number of anilines is 1. The number of hydrogen-bond acceptors (Lipinski definition) is 6. The van der Waals surface area contributed by atoms with Crippen molar-refractivity contribution in [3.63, 3.8) is 0 Å². The lowest BCUT2D eigenvalue weighted by Crippen LogP contribution is -2.52. The summed E-state index contributed by atoms with van der Waals surface area (Å²) in [5.74, 6) is 0.133. The first-order valence-electron chi connectivity index (χ1n) is 11.0. The van der Waals surface area contributed by atoms with Crippen molar-refractivity contribution in [2.75, 3.05) is 37.6 Å². The third-order valence-electron chi connectivity index (χ3n) is 6.16. The van der Waals surface area contributed by atoms with E-state index in [1.807, 2.05) is 30.3 Å². The second-order valence-electron chi connectivity index (χ2n) is 8.60. The molecule has 1 aromatic heterocycles. The lowest BCUT2D eigenvalue weighted by Gasteiger charge is -2.36. The quantitative estimate of drug-likeness (QED) is 0.670. The minimum Gasteiger partial charge on any atom is -0.353 e. The summed E-state index contributed by atoms with van der Waals surface area (Å²) < 4.78 is 27.2. The van der Waals surface area contributed by atoms with E-state index in [2.05, 4.69) is 23.7 Å². The molecule has 2 aromatic rings. The van der Waals surface area contributed by atoms with E-state index >= 15 is 0 Å². The molecule has 0 atom stereocenters. The zero-order chi connectivity index (χ0) is 23.8. The zero-order valence-corrected chi connectivity index (χ0v) is 19.9. The summed E-state index contributed by atoms with van der Waals surface area (Å²) in [6.07, 6.45) is 1.72. The lowest BCUT2D eigenvalue weighted by atomic mass is 10.0. The van der Waals surface area contributed by atoms with Gasteiger partial charge in [-0.1, -0.05) is 44.2 Å². The molecule has 2 aliphatic heterocycles. The largest absolute Gasteiger partial charge is 0.353 e. The number of hydrogen-bond donors (Lipinski definition) is 0. The van der Waals surface area contributed by atoms with Crippen molar-refractivity contribution in [2.24, 2.45) is 0 Å². The molecule has 2 amide bonds. The molecule has 1 aromatic carbocycles. The summed E-state index contributed by atoms with van der Waals surface area (Å²) in [4.78, 5) is 33.7. The number of amides is 2. The van der Waals surface area contributed by atoms with Crippen molar-refractivity contribution in [3.05, 3.63) is 65.4 Å². The summed E-state index contributed by atoms with van der Waals surface area (Å²) in [7, 11) is -4.10. The van der Waals surface area contributed by atoms with Crippen molar-refractivity contribution < 1.29 is 18.0 Å². The molecule has 1 saturated heterocycles. The maximum atomic E-state index is 13.2. The van der Waals surface area contributed by atoms with E-state index in [0.29, 0.717) is 42.0 Å². The molecule has 2 aliphatic rings. The molecule has 0 aliphatic carbocycles. The normalized spacial score (nSPS) is 18.4. The topological polar surface area (TPSA) is 90.9 Å². The van der Waals surface area contributed by atoms with Gasteiger partial charge in [-0.3, -0.25) is 9.59 Å². The van der Waals surface area contributed by atoms with Crippen LogP contribution in [0.25, 0.3) is 4.91 Å². The number of carbonyl (C=O) groups excluding carboxylic acids is 2. The molecule has 0 saturated carbocycles. The van der Waals surface area contributed by atoms with Crippen LogP contribution in [0.3, 0.4) is 0 Å². The third-order valence-corrected chi connectivity index (χ3v) is 8.09. The van der Waals surface area contributed by atoms with E-state index in [9.17, 15) is 18.0 Å². The fourth-order valence-corrected chi connectivity index (χ4v) is 5.95. The molecule has 4 rings (SSSR count). The van der Waals surface area contributed by atoms with E-state index in [-0.39, 0.29) is 16.4 Å². The van der Waals surface area contributed by atoms with Crippen LogP contribution in [0.2, 0.25) is 0 Å². The Morgan fingerprint density at radius 2 is 1.70 bits per heavy atom. The Morgan fingerprint density at radius 1 is 1.03 bits per heavy atom. The van der Waals surface area contributed by atoms with Gasteiger partial charge in [-0.25, -0.2) is 17.7 Å². The minimum absolute atomic E-state index is 0.0180. The van der Waals surface area contributed by atoms with Gasteiger partial charge >= 0.3 is 0 Å². The van der Waals surface area contributed by atoms with Crippen LogP contribution >= 0.6 is 0 Å². The first-order chi connectivity index (χ1) is 15.7. The van der Waals surface area contributed by atoms with Gasteiger partial charge in [0, 0.05) is 37.9 Å². The fraction of sp³-hybridized carbons (Fsp3) is 0.375. The van der Waals surface area contributed by atoms with Crippen molar-refractivity contribution in [1.29, 1.82) is 0 Å². The molecule has 0 N–H and O–H groups in total.